The summed E-state index contributed by atoms with van der Waals surface area (Å²) in [6.45, 7) is 7.67. The predicted molar refractivity (Wildman–Crippen MR) is 118 cm³/mol. The van der Waals surface area contributed by atoms with Crippen LogP contribution in [0, 0.1) is 13.8 Å². The molecule has 0 bridgehead atoms. The standard InChI is InChI=1S/C24H28N2O2S/c1-4-15-26(16-13-20-10-5-6-14-25-20)24(27)22-12-11-21(28-22)17-29-23-18(2)8-7-9-19(23)3/h5-12,14H,4,13,15-17H2,1-3H3. The van der Waals surface area contributed by atoms with Crippen LogP contribution in [0.2, 0.25) is 0 Å². The quantitative estimate of drug-likeness (QED) is 0.427. The van der Waals surface area contributed by atoms with Crippen molar-refractivity contribution in [3.63, 3.8) is 0 Å². The second-order valence-electron chi connectivity index (χ2n) is 7.14. The number of furan rings is 1. The number of thioether (sulfide) groups is 1. The van der Waals surface area contributed by atoms with Crippen LogP contribution in [0.15, 0.2) is 64.0 Å². The van der Waals surface area contributed by atoms with Crippen molar-refractivity contribution < 1.29 is 9.21 Å². The van der Waals surface area contributed by atoms with Gasteiger partial charge in [0.05, 0.1) is 5.75 Å². The van der Waals surface area contributed by atoms with E-state index in [1.54, 1.807) is 24.0 Å². The molecule has 0 spiro atoms. The number of rotatable bonds is 9. The average molecular weight is 409 g/mol. The number of aryl methyl sites for hydroxylation is 2. The number of aromatic nitrogens is 1. The third kappa shape index (κ3) is 5.73. The molecule has 0 aliphatic heterocycles. The first kappa shape index (κ1) is 21.2. The van der Waals surface area contributed by atoms with Gasteiger partial charge in [-0.3, -0.25) is 9.78 Å². The van der Waals surface area contributed by atoms with Crippen molar-refractivity contribution in [2.24, 2.45) is 0 Å². The van der Waals surface area contributed by atoms with Gasteiger partial charge >= 0.3 is 0 Å². The number of carbonyl (C=O) groups is 1. The Labute approximate surface area is 177 Å². The van der Waals surface area contributed by atoms with E-state index in [1.165, 1.54) is 16.0 Å². The first-order valence-electron chi connectivity index (χ1n) is 10.1. The van der Waals surface area contributed by atoms with Gasteiger partial charge in [-0.25, -0.2) is 0 Å². The summed E-state index contributed by atoms with van der Waals surface area (Å²) in [7, 11) is 0. The number of nitrogens with zero attached hydrogens (tertiary/aromatic N) is 2. The lowest BCUT2D eigenvalue weighted by molar-refractivity contribution is 0.0723. The Morgan fingerprint density at radius 3 is 2.52 bits per heavy atom. The van der Waals surface area contributed by atoms with Crippen LogP contribution in [0.5, 0.6) is 0 Å². The smallest absolute Gasteiger partial charge is 0.289 e. The Morgan fingerprint density at radius 2 is 1.83 bits per heavy atom. The summed E-state index contributed by atoms with van der Waals surface area (Å²) in [5.41, 5.74) is 3.52. The summed E-state index contributed by atoms with van der Waals surface area (Å²) in [6.07, 6.45) is 3.43. The average Bonchev–Trinajstić information content (AvgIpc) is 3.20. The zero-order valence-corrected chi connectivity index (χ0v) is 18.2. The summed E-state index contributed by atoms with van der Waals surface area (Å²) in [5.74, 6) is 1.89. The van der Waals surface area contributed by atoms with E-state index in [0.717, 1.165) is 24.3 Å². The second kappa shape index (κ2) is 10.3. The van der Waals surface area contributed by atoms with E-state index in [-0.39, 0.29) is 5.91 Å². The minimum absolute atomic E-state index is 0.0499. The van der Waals surface area contributed by atoms with E-state index < -0.39 is 0 Å². The number of hydrogen-bond acceptors (Lipinski definition) is 4. The number of pyridine rings is 1. The molecule has 0 radical (unpaired) electrons. The van der Waals surface area contributed by atoms with Crippen LogP contribution in [-0.2, 0) is 12.2 Å². The third-order valence-corrected chi connectivity index (χ3v) is 6.15. The van der Waals surface area contributed by atoms with Gasteiger partial charge in [-0.05, 0) is 55.7 Å². The highest BCUT2D eigenvalue weighted by molar-refractivity contribution is 7.98. The molecule has 1 aromatic carbocycles. The Balaban J connectivity index is 1.63. The molecule has 29 heavy (non-hydrogen) atoms. The number of amides is 1. The largest absolute Gasteiger partial charge is 0.455 e. The topological polar surface area (TPSA) is 46.3 Å². The van der Waals surface area contributed by atoms with Gasteiger partial charge in [-0.2, -0.15) is 0 Å². The van der Waals surface area contributed by atoms with E-state index in [2.05, 4.69) is 44.0 Å². The Hall–Kier alpha value is -2.53. The maximum atomic E-state index is 13.0. The maximum Gasteiger partial charge on any atom is 0.289 e. The van der Waals surface area contributed by atoms with Crippen molar-refractivity contribution in [2.75, 3.05) is 13.1 Å². The zero-order valence-electron chi connectivity index (χ0n) is 17.4. The Morgan fingerprint density at radius 1 is 1.03 bits per heavy atom. The summed E-state index contributed by atoms with van der Waals surface area (Å²) >= 11 is 1.75. The van der Waals surface area contributed by atoms with Crippen LogP contribution in [0.4, 0.5) is 0 Å². The summed E-state index contributed by atoms with van der Waals surface area (Å²) in [4.78, 5) is 20.4. The third-order valence-electron chi connectivity index (χ3n) is 4.78. The van der Waals surface area contributed by atoms with Crippen molar-refractivity contribution >= 4 is 17.7 Å². The van der Waals surface area contributed by atoms with E-state index in [0.29, 0.717) is 24.6 Å². The molecule has 5 heteroatoms. The molecule has 0 saturated heterocycles. The molecule has 0 N–H and O–H groups in total. The van der Waals surface area contributed by atoms with Gasteiger partial charge in [0.25, 0.3) is 5.91 Å². The lowest BCUT2D eigenvalue weighted by Crippen LogP contribution is -2.33. The van der Waals surface area contributed by atoms with Crippen LogP contribution in [0.25, 0.3) is 0 Å². The fourth-order valence-corrected chi connectivity index (χ4v) is 4.31. The first-order chi connectivity index (χ1) is 14.1. The SMILES string of the molecule is CCCN(CCc1ccccn1)C(=O)c1ccc(CSc2c(C)cccc2C)o1. The van der Waals surface area contributed by atoms with E-state index in [1.807, 2.05) is 29.2 Å². The fraction of sp³-hybridized carbons (Fsp3) is 0.333. The number of hydrogen-bond donors (Lipinski definition) is 0. The van der Waals surface area contributed by atoms with Crippen LogP contribution in [0.3, 0.4) is 0 Å². The van der Waals surface area contributed by atoms with Gasteiger partial charge in [0, 0.05) is 36.3 Å². The van der Waals surface area contributed by atoms with Crippen molar-refractivity contribution in [2.45, 2.75) is 44.3 Å². The molecule has 1 amide bonds. The van der Waals surface area contributed by atoms with E-state index >= 15 is 0 Å². The second-order valence-corrected chi connectivity index (χ2v) is 8.12. The molecule has 0 aliphatic rings. The molecular weight excluding hydrogens is 380 g/mol. The van der Waals surface area contributed by atoms with Gasteiger partial charge in [-0.1, -0.05) is 31.2 Å². The Bertz CT molecular complexity index is 917. The first-order valence-corrected chi connectivity index (χ1v) is 11.0. The fourth-order valence-electron chi connectivity index (χ4n) is 3.28. The van der Waals surface area contributed by atoms with Crippen molar-refractivity contribution in [1.29, 1.82) is 0 Å². The normalized spacial score (nSPS) is 10.9. The van der Waals surface area contributed by atoms with Gasteiger partial charge in [0.1, 0.15) is 5.76 Å². The molecule has 2 aromatic heterocycles. The van der Waals surface area contributed by atoms with Crippen molar-refractivity contribution in [1.82, 2.24) is 9.88 Å². The molecular formula is C24H28N2O2S. The van der Waals surface area contributed by atoms with Gasteiger partial charge in [0.15, 0.2) is 5.76 Å². The van der Waals surface area contributed by atoms with Crippen molar-refractivity contribution in [3.05, 3.63) is 83.1 Å². The molecule has 152 valence electrons. The molecule has 0 unspecified atom stereocenters. The van der Waals surface area contributed by atoms with Crippen molar-refractivity contribution in [3.8, 4) is 0 Å². The zero-order chi connectivity index (χ0) is 20.6. The van der Waals surface area contributed by atoms with Gasteiger partial charge in [0.2, 0.25) is 0 Å². The highest BCUT2D eigenvalue weighted by Crippen LogP contribution is 2.29. The van der Waals surface area contributed by atoms with Crippen LogP contribution >= 0.6 is 11.8 Å². The molecule has 0 aliphatic carbocycles. The minimum atomic E-state index is -0.0499. The minimum Gasteiger partial charge on any atom is -0.455 e. The lowest BCUT2D eigenvalue weighted by Gasteiger charge is -2.20. The molecule has 0 saturated carbocycles. The molecule has 0 fully saturated rings. The molecule has 4 nitrogen and oxygen atoms in total. The highest BCUT2D eigenvalue weighted by Gasteiger charge is 2.19. The van der Waals surface area contributed by atoms with E-state index in [4.69, 9.17) is 4.42 Å². The van der Waals surface area contributed by atoms with Gasteiger partial charge in [-0.15, -0.1) is 11.8 Å². The predicted octanol–water partition coefficient (Wildman–Crippen LogP) is 5.68. The number of benzene rings is 1. The lowest BCUT2D eigenvalue weighted by atomic mass is 10.2. The van der Waals surface area contributed by atoms with Crippen LogP contribution in [0.1, 0.15) is 46.5 Å². The maximum absolute atomic E-state index is 13.0. The number of carbonyl (C=O) groups excluding carboxylic acids is 1. The van der Waals surface area contributed by atoms with Gasteiger partial charge < -0.3 is 9.32 Å². The molecule has 3 rings (SSSR count). The summed E-state index contributed by atoms with van der Waals surface area (Å²) in [5, 5.41) is 0. The molecule has 3 aromatic rings. The molecule has 2 heterocycles. The van der Waals surface area contributed by atoms with E-state index in [9.17, 15) is 4.79 Å². The summed E-state index contributed by atoms with van der Waals surface area (Å²) in [6, 6.07) is 15.9. The van der Waals surface area contributed by atoms with Crippen LogP contribution < -0.4 is 0 Å². The molecule has 0 atom stereocenters. The Kier molecular flexibility index (Phi) is 7.53. The highest BCUT2D eigenvalue weighted by atomic mass is 32.2. The monoisotopic (exact) mass is 408 g/mol. The summed E-state index contributed by atoms with van der Waals surface area (Å²) < 4.78 is 5.90. The van der Waals surface area contributed by atoms with Crippen LogP contribution in [-0.4, -0.2) is 28.9 Å².